The van der Waals surface area contributed by atoms with E-state index in [4.69, 9.17) is 4.74 Å². The molecule has 2 atom stereocenters. The van der Waals surface area contributed by atoms with Crippen LogP contribution in [0, 0.1) is 0 Å². The minimum Gasteiger partial charge on any atom is -0.772 e. The minimum absolute atomic E-state index is 0.110. The first-order chi connectivity index (χ1) is 7.24. The van der Waals surface area contributed by atoms with Crippen LogP contribution in [0.3, 0.4) is 0 Å². The van der Waals surface area contributed by atoms with E-state index in [1.54, 1.807) is 0 Å². The van der Waals surface area contributed by atoms with Gasteiger partial charge in [0.2, 0.25) is 0 Å². The first kappa shape index (κ1) is 12.3. The van der Waals surface area contributed by atoms with Gasteiger partial charge in [0.25, 0.3) is 0 Å². The third-order valence-electron chi connectivity index (χ3n) is 1.86. The number of hydrogen-bond acceptors (Lipinski definition) is 3. The molecule has 0 aliphatic heterocycles. The number of alkyl halides is 1. The van der Waals surface area contributed by atoms with E-state index >= 15 is 0 Å². The lowest BCUT2D eigenvalue weighted by atomic mass is 10.2. The van der Waals surface area contributed by atoms with E-state index in [-0.39, 0.29) is 6.61 Å². The molecule has 0 aliphatic rings. The van der Waals surface area contributed by atoms with Crippen molar-refractivity contribution in [2.45, 2.75) is 11.9 Å². The molecule has 0 spiro atoms. The van der Waals surface area contributed by atoms with Crippen LogP contribution in [0.4, 0.5) is 4.39 Å². The van der Waals surface area contributed by atoms with Crippen molar-refractivity contribution in [3.05, 3.63) is 35.9 Å². The fraction of sp³-hybridized carbons (Fsp3) is 0.400. The van der Waals surface area contributed by atoms with Crippen molar-refractivity contribution in [2.75, 3.05) is 13.3 Å². The van der Waals surface area contributed by atoms with Gasteiger partial charge in [0.1, 0.15) is 6.67 Å². The average molecular weight is 231 g/mol. The van der Waals surface area contributed by atoms with Crippen LogP contribution in [0.15, 0.2) is 30.3 Å². The molecule has 84 valence electrons. The van der Waals surface area contributed by atoms with Crippen LogP contribution >= 0.6 is 0 Å². The summed E-state index contributed by atoms with van der Waals surface area (Å²) in [4.78, 5) is 0. The third-order valence-corrected chi connectivity index (χ3v) is 2.67. The minimum atomic E-state index is -2.41. The number of benzene rings is 1. The third kappa shape index (κ3) is 4.51. The summed E-state index contributed by atoms with van der Waals surface area (Å²) in [5, 5.41) is -1.06. The zero-order chi connectivity index (χ0) is 11.1. The van der Waals surface area contributed by atoms with Crippen LogP contribution in [-0.4, -0.2) is 27.3 Å². The summed E-state index contributed by atoms with van der Waals surface area (Å²) in [7, 11) is 0. The molecular formula is C10H12FO3S-. The summed E-state index contributed by atoms with van der Waals surface area (Å²) in [6.45, 7) is -0.721. The maximum absolute atomic E-state index is 12.2. The van der Waals surface area contributed by atoms with Crippen molar-refractivity contribution in [3.63, 3.8) is 0 Å². The van der Waals surface area contributed by atoms with Gasteiger partial charge >= 0.3 is 0 Å². The predicted octanol–water partition coefficient (Wildman–Crippen LogP) is 1.42. The summed E-state index contributed by atoms with van der Waals surface area (Å²) in [6, 6.07) is 9.31. The Hall–Kier alpha value is -0.780. The second-order valence-electron chi connectivity index (χ2n) is 3.04. The molecule has 0 N–H and O–H groups in total. The summed E-state index contributed by atoms with van der Waals surface area (Å²) in [5.74, 6) is 0. The molecule has 1 rings (SSSR count). The highest BCUT2D eigenvalue weighted by atomic mass is 32.2. The van der Waals surface area contributed by atoms with Crippen LogP contribution in [0.25, 0.3) is 0 Å². The molecule has 1 aromatic carbocycles. The van der Waals surface area contributed by atoms with Crippen LogP contribution < -0.4 is 0 Å². The Morgan fingerprint density at radius 1 is 1.40 bits per heavy atom. The fourth-order valence-corrected chi connectivity index (χ4v) is 1.34. The largest absolute Gasteiger partial charge is 0.772 e. The van der Waals surface area contributed by atoms with Crippen LogP contribution in [0.5, 0.6) is 0 Å². The molecule has 0 aromatic heterocycles. The van der Waals surface area contributed by atoms with E-state index in [0.29, 0.717) is 6.61 Å². The molecular weight excluding hydrogens is 219 g/mol. The van der Waals surface area contributed by atoms with Crippen molar-refractivity contribution in [1.29, 1.82) is 0 Å². The van der Waals surface area contributed by atoms with Gasteiger partial charge in [-0.25, -0.2) is 4.39 Å². The highest BCUT2D eigenvalue weighted by Gasteiger charge is 2.08. The first-order valence-corrected chi connectivity index (χ1v) is 5.63. The van der Waals surface area contributed by atoms with E-state index in [9.17, 15) is 13.2 Å². The van der Waals surface area contributed by atoms with Crippen molar-refractivity contribution in [3.8, 4) is 0 Å². The lowest BCUT2D eigenvalue weighted by Gasteiger charge is -2.16. The molecule has 0 saturated heterocycles. The van der Waals surface area contributed by atoms with Gasteiger partial charge in [-0.15, -0.1) is 0 Å². The molecule has 0 heterocycles. The van der Waals surface area contributed by atoms with Crippen LogP contribution in [0.2, 0.25) is 0 Å². The normalized spacial score (nSPS) is 14.8. The lowest BCUT2D eigenvalue weighted by molar-refractivity contribution is 0.115. The van der Waals surface area contributed by atoms with Gasteiger partial charge in [0, 0.05) is 0 Å². The van der Waals surface area contributed by atoms with E-state index in [2.05, 4.69) is 0 Å². The highest BCUT2D eigenvalue weighted by Crippen LogP contribution is 2.03. The number of halogens is 1. The van der Waals surface area contributed by atoms with Gasteiger partial charge in [0.15, 0.2) is 0 Å². The Balaban J connectivity index is 2.30. The topological polar surface area (TPSA) is 49.4 Å². The SMILES string of the molecule is O=S([O-])C(CF)COCc1ccccc1. The van der Waals surface area contributed by atoms with Crippen molar-refractivity contribution in [2.24, 2.45) is 0 Å². The second kappa shape index (κ2) is 6.66. The Kier molecular flexibility index (Phi) is 5.45. The quantitative estimate of drug-likeness (QED) is 0.696. The molecule has 0 radical (unpaired) electrons. The van der Waals surface area contributed by atoms with Crippen LogP contribution in [-0.2, 0) is 22.4 Å². The molecule has 15 heavy (non-hydrogen) atoms. The van der Waals surface area contributed by atoms with Gasteiger partial charge in [-0.05, 0) is 16.6 Å². The zero-order valence-electron chi connectivity index (χ0n) is 8.10. The summed E-state index contributed by atoms with van der Waals surface area (Å²) in [5.41, 5.74) is 0.937. The van der Waals surface area contributed by atoms with Crippen LogP contribution in [0.1, 0.15) is 5.56 Å². The predicted molar refractivity (Wildman–Crippen MR) is 54.8 cm³/mol. The molecule has 2 unspecified atom stereocenters. The van der Waals surface area contributed by atoms with Gasteiger partial charge in [-0.1, -0.05) is 30.3 Å². The Morgan fingerprint density at radius 2 is 2.07 bits per heavy atom. The summed E-state index contributed by atoms with van der Waals surface area (Å²) < 4.78 is 38.2. The zero-order valence-corrected chi connectivity index (χ0v) is 8.91. The monoisotopic (exact) mass is 231 g/mol. The molecule has 0 saturated carbocycles. The van der Waals surface area contributed by atoms with E-state index in [1.165, 1.54) is 0 Å². The maximum Gasteiger partial charge on any atom is 0.105 e. The number of hydrogen-bond donors (Lipinski definition) is 0. The fourth-order valence-electron chi connectivity index (χ4n) is 1.03. The summed E-state index contributed by atoms with van der Waals surface area (Å²) >= 11 is -2.41. The maximum atomic E-state index is 12.2. The van der Waals surface area contributed by atoms with E-state index in [1.807, 2.05) is 30.3 Å². The number of ether oxygens (including phenoxy) is 1. The molecule has 0 aliphatic carbocycles. The lowest BCUT2D eigenvalue weighted by Crippen LogP contribution is -2.23. The van der Waals surface area contributed by atoms with Crippen molar-refractivity contribution >= 4 is 11.1 Å². The Labute approximate surface area is 90.5 Å². The molecule has 0 bridgehead atoms. The van der Waals surface area contributed by atoms with Crippen molar-refractivity contribution in [1.82, 2.24) is 0 Å². The molecule has 0 amide bonds. The molecule has 0 fully saturated rings. The van der Waals surface area contributed by atoms with Gasteiger partial charge < -0.3 is 9.29 Å². The Bertz CT molecular complexity index is 305. The van der Waals surface area contributed by atoms with E-state index < -0.39 is 23.0 Å². The Morgan fingerprint density at radius 3 is 2.60 bits per heavy atom. The van der Waals surface area contributed by atoms with Gasteiger partial charge in [-0.2, -0.15) is 0 Å². The summed E-state index contributed by atoms with van der Waals surface area (Å²) in [6.07, 6.45) is 0. The van der Waals surface area contributed by atoms with Gasteiger partial charge in [-0.3, -0.25) is 4.21 Å². The second-order valence-corrected chi connectivity index (χ2v) is 4.23. The molecule has 3 nitrogen and oxygen atoms in total. The highest BCUT2D eigenvalue weighted by molar-refractivity contribution is 7.79. The molecule has 5 heteroatoms. The standard InChI is InChI=1S/C10H13FO3S/c11-6-10(15(12)13)8-14-7-9-4-2-1-3-5-9/h1-5,10H,6-8H2,(H,12,13)/p-1. The average Bonchev–Trinajstić information content (AvgIpc) is 2.25. The van der Waals surface area contributed by atoms with Crippen molar-refractivity contribution < 1.29 is 17.9 Å². The van der Waals surface area contributed by atoms with Gasteiger partial charge in [0.05, 0.1) is 18.5 Å². The number of rotatable bonds is 6. The smallest absolute Gasteiger partial charge is 0.105 e. The molecule has 1 aromatic rings. The van der Waals surface area contributed by atoms with E-state index in [0.717, 1.165) is 5.56 Å². The first-order valence-electron chi connectivity index (χ1n) is 4.49.